The van der Waals surface area contributed by atoms with E-state index in [1.807, 2.05) is 53.4 Å². The topological polar surface area (TPSA) is 59.0 Å². The fourth-order valence-electron chi connectivity index (χ4n) is 2.70. The molecular formula is C19H22N4OS. The first-order valence-electron chi connectivity index (χ1n) is 8.26. The van der Waals surface area contributed by atoms with E-state index in [2.05, 4.69) is 35.6 Å². The molecule has 0 fully saturated rings. The molecule has 1 atom stereocenters. The highest BCUT2D eigenvalue weighted by molar-refractivity contribution is 7.10. The number of anilines is 1. The fraction of sp³-hybridized carbons (Fsp3) is 0.263. The monoisotopic (exact) mass is 354 g/mol. The van der Waals surface area contributed by atoms with Gasteiger partial charge < -0.3 is 10.6 Å². The van der Waals surface area contributed by atoms with Crippen molar-refractivity contribution in [3.8, 4) is 5.69 Å². The maximum Gasteiger partial charge on any atom is 0.319 e. The summed E-state index contributed by atoms with van der Waals surface area (Å²) < 4.78 is 1.84. The van der Waals surface area contributed by atoms with Gasteiger partial charge in [-0.05, 0) is 48.6 Å². The molecule has 3 rings (SSSR count). The Labute approximate surface area is 151 Å². The van der Waals surface area contributed by atoms with E-state index in [1.165, 1.54) is 0 Å². The van der Waals surface area contributed by atoms with Crippen LogP contribution in [0.5, 0.6) is 0 Å². The lowest BCUT2D eigenvalue weighted by atomic mass is 10.0. The largest absolute Gasteiger partial charge is 0.330 e. The Hall–Kier alpha value is -2.60. The Kier molecular flexibility index (Phi) is 5.19. The molecule has 0 spiro atoms. The number of carbonyl (C=O) groups is 1. The molecule has 2 heterocycles. The van der Waals surface area contributed by atoms with Crippen LogP contribution < -0.4 is 10.6 Å². The summed E-state index contributed by atoms with van der Waals surface area (Å²) in [5.41, 5.74) is 2.69. The number of aryl methyl sites for hydroxylation is 1. The lowest BCUT2D eigenvalue weighted by Crippen LogP contribution is -2.34. The Bertz CT molecular complexity index is 839. The zero-order valence-corrected chi connectivity index (χ0v) is 15.4. The van der Waals surface area contributed by atoms with Crippen LogP contribution in [0.1, 0.15) is 30.5 Å². The summed E-state index contributed by atoms with van der Waals surface area (Å²) in [6.45, 7) is 6.20. The van der Waals surface area contributed by atoms with Gasteiger partial charge in [-0.1, -0.05) is 26.0 Å². The molecule has 0 aliphatic carbocycles. The SMILES string of the molecule is Cc1ccnn1-c1cccc(NC(=O)NC(c2cccs2)C(C)C)c1. The molecule has 25 heavy (non-hydrogen) atoms. The second-order valence-corrected chi connectivity index (χ2v) is 7.25. The molecule has 1 unspecified atom stereocenters. The summed E-state index contributed by atoms with van der Waals surface area (Å²) in [5, 5.41) is 12.3. The number of carbonyl (C=O) groups excluding carboxylic acids is 1. The number of amides is 2. The van der Waals surface area contributed by atoms with E-state index in [0.29, 0.717) is 5.92 Å². The lowest BCUT2D eigenvalue weighted by molar-refractivity contribution is 0.245. The molecule has 0 saturated carbocycles. The summed E-state index contributed by atoms with van der Waals surface area (Å²) in [4.78, 5) is 13.6. The van der Waals surface area contributed by atoms with Gasteiger partial charge in [0.05, 0.1) is 11.7 Å². The number of nitrogens with one attached hydrogen (secondary N) is 2. The third-order valence-corrected chi connectivity index (χ3v) is 4.94. The summed E-state index contributed by atoms with van der Waals surface area (Å²) in [5.74, 6) is 0.308. The average Bonchev–Trinajstić information content (AvgIpc) is 3.24. The number of benzene rings is 1. The van der Waals surface area contributed by atoms with Gasteiger partial charge in [0, 0.05) is 22.5 Å². The van der Waals surface area contributed by atoms with Gasteiger partial charge in [0.15, 0.2) is 0 Å². The van der Waals surface area contributed by atoms with Crippen molar-refractivity contribution in [3.63, 3.8) is 0 Å². The van der Waals surface area contributed by atoms with Gasteiger partial charge >= 0.3 is 6.03 Å². The van der Waals surface area contributed by atoms with Crippen molar-refractivity contribution in [2.24, 2.45) is 5.92 Å². The molecule has 3 aromatic rings. The molecule has 5 nitrogen and oxygen atoms in total. The van der Waals surface area contributed by atoms with Crippen LogP contribution in [0.2, 0.25) is 0 Å². The van der Waals surface area contributed by atoms with E-state index in [9.17, 15) is 4.79 Å². The van der Waals surface area contributed by atoms with E-state index in [4.69, 9.17) is 0 Å². The standard InChI is InChI=1S/C19H22N4OS/c1-13(2)18(17-8-5-11-25-17)22-19(24)21-15-6-4-7-16(12-15)23-14(3)9-10-20-23/h4-13,18H,1-3H3,(H2,21,22,24). The highest BCUT2D eigenvalue weighted by Gasteiger charge is 2.19. The van der Waals surface area contributed by atoms with E-state index in [0.717, 1.165) is 21.9 Å². The first kappa shape index (κ1) is 17.2. The van der Waals surface area contributed by atoms with E-state index in [-0.39, 0.29) is 12.1 Å². The normalized spacial score (nSPS) is 12.2. The van der Waals surface area contributed by atoms with Crippen molar-refractivity contribution in [2.45, 2.75) is 26.8 Å². The minimum absolute atomic E-state index is 0.00320. The zero-order valence-electron chi connectivity index (χ0n) is 14.6. The molecule has 0 aliphatic rings. The van der Waals surface area contributed by atoms with Gasteiger partial charge in [0.25, 0.3) is 0 Å². The van der Waals surface area contributed by atoms with Crippen molar-refractivity contribution in [1.82, 2.24) is 15.1 Å². The predicted molar refractivity (Wildman–Crippen MR) is 102 cm³/mol. The molecule has 2 amide bonds. The van der Waals surface area contributed by atoms with Crippen LogP contribution in [0.15, 0.2) is 54.0 Å². The Morgan fingerprint density at radius 2 is 2.04 bits per heavy atom. The number of rotatable bonds is 5. The van der Waals surface area contributed by atoms with Gasteiger partial charge in [-0.15, -0.1) is 11.3 Å². The molecule has 6 heteroatoms. The summed E-state index contributed by atoms with van der Waals surface area (Å²) >= 11 is 1.66. The van der Waals surface area contributed by atoms with Crippen molar-refractivity contribution >= 4 is 23.1 Å². The third-order valence-electron chi connectivity index (χ3n) is 3.98. The zero-order chi connectivity index (χ0) is 17.8. The summed E-state index contributed by atoms with van der Waals surface area (Å²) in [7, 11) is 0. The fourth-order valence-corrected chi connectivity index (χ4v) is 3.65. The summed E-state index contributed by atoms with van der Waals surface area (Å²) in [6.07, 6.45) is 1.76. The molecule has 0 bridgehead atoms. The van der Waals surface area contributed by atoms with Gasteiger partial charge in [0.2, 0.25) is 0 Å². The molecule has 0 aliphatic heterocycles. The minimum Gasteiger partial charge on any atom is -0.330 e. The Morgan fingerprint density at radius 1 is 1.20 bits per heavy atom. The van der Waals surface area contributed by atoms with E-state index in [1.54, 1.807) is 17.5 Å². The molecule has 1 aromatic carbocycles. The molecular weight excluding hydrogens is 332 g/mol. The van der Waals surface area contributed by atoms with Crippen LogP contribution in [-0.4, -0.2) is 15.8 Å². The lowest BCUT2D eigenvalue weighted by Gasteiger charge is -2.21. The highest BCUT2D eigenvalue weighted by Crippen LogP contribution is 2.26. The first-order chi connectivity index (χ1) is 12.0. The maximum atomic E-state index is 12.4. The van der Waals surface area contributed by atoms with Crippen LogP contribution in [0.3, 0.4) is 0 Å². The van der Waals surface area contributed by atoms with Gasteiger partial charge in [0.1, 0.15) is 0 Å². The third kappa shape index (κ3) is 4.09. The van der Waals surface area contributed by atoms with Crippen molar-refractivity contribution in [3.05, 3.63) is 64.6 Å². The van der Waals surface area contributed by atoms with Crippen LogP contribution in [0.4, 0.5) is 10.5 Å². The Balaban J connectivity index is 1.72. The second kappa shape index (κ2) is 7.53. The van der Waals surface area contributed by atoms with Gasteiger partial charge in [-0.25, -0.2) is 9.48 Å². The number of aromatic nitrogens is 2. The molecule has 0 saturated heterocycles. The molecule has 130 valence electrons. The van der Waals surface area contributed by atoms with Crippen LogP contribution in [-0.2, 0) is 0 Å². The van der Waals surface area contributed by atoms with Gasteiger partial charge in [-0.3, -0.25) is 0 Å². The summed E-state index contributed by atoms with van der Waals surface area (Å²) in [6, 6.07) is 13.4. The highest BCUT2D eigenvalue weighted by atomic mass is 32.1. The van der Waals surface area contributed by atoms with Crippen molar-refractivity contribution in [1.29, 1.82) is 0 Å². The maximum absolute atomic E-state index is 12.4. The first-order valence-corrected chi connectivity index (χ1v) is 9.14. The van der Waals surface area contributed by atoms with Crippen molar-refractivity contribution < 1.29 is 4.79 Å². The predicted octanol–water partition coefficient (Wildman–Crippen LogP) is 4.76. The van der Waals surface area contributed by atoms with Crippen LogP contribution in [0, 0.1) is 12.8 Å². The number of hydrogen-bond acceptors (Lipinski definition) is 3. The minimum atomic E-state index is -0.207. The smallest absolute Gasteiger partial charge is 0.319 e. The number of nitrogens with zero attached hydrogens (tertiary/aromatic N) is 2. The number of hydrogen-bond donors (Lipinski definition) is 2. The average molecular weight is 354 g/mol. The molecule has 2 aromatic heterocycles. The quantitative estimate of drug-likeness (QED) is 0.694. The van der Waals surface area contributed by atoms with Crippen LogP contribution in [0.25, 0.3) is 5.69 Å². The van der Waals surface area contributed by atoms with Gasteiger partial charge in [-0.2, -0.15) is 5.10 Å². The molecule has 0 radical (unpaired) electrons. The second-order valence-electron chi connectivity index (χ2n) is 6.27. The van der Waals surface area contributed by atoms with E-state index < -0.39 is 0 Å². The van der Waals surface area contributed by atoms with E-state index >= 15 is 0 Å². The van der Waals surface area contributed by atoms with Crippen molar-refractivity contribution in [2.75, 3.05) is 5.32 Å². The van der Waals surface area contributed by atoms with Crippen LogP contribution >= 0.6 is 11.3 Å². The molecule has 2 N–H and O–H groups in total. The Morgan fingerprint density at radius 3 is 2.68 bits per heavy atom. The number of thiophene rings is 1. The number of urea groups is 1.